The molecule has 1 atom stereocenters. The third kappa shape index (κ3) is 5.93. The molecular formula is C22H28N4O4. The Labute approximate surface area is 176 Å². The summed E-state index contributed by atoms with van der Waals surface area (Å²) in [6.07, 6.45) is 1.55. The van der Waals surface area contributed by atoms with Crippen LogP contribution < -0.4 is 15.4 Å². The summed E-state index contributed by atoms with van der Waals surface area (Å²) >= 11 is 0. The number of esters is 1. The normalized spacial score (nSPS) is 15.1. The van der Waals surface area contributed by atoms with E-state index >= 15 is 0 Å². The monoisotopic (exact) mass is 412 g/mol. The highest BCUT2D eigenvalue weighted by Gasteiger charge is 2.23. The molecule has 30 heavy (non-hydrogen) atoms. The first-order valence-electron chi connectivity index (χ1n) is 10.1. The maximum atomic E-state index is 12.5. The molecule has 1 fully saturated rings. The first-order valence-corrected chi connectivity index (χ1v) is 10.1. The summed E-state index contributed by atoms with van der Waals surface area (Å²) in [5, 5.41) is 0. The quantitative estimate of drug-likeness (QED) is 0.727. The van der Waals surface area contributed by atoms with Crippen molar-refractivity contribution in [3.8, 4) is 5.75 Å². The maximum absolute atomic E-state index is 12.5. The molecule has 0 radical (unpaired) electrons. The highest BCUT2D eigenvalue weighted by Crippen LogP contribution is 2.17. The van der Waals surface area contributed by atoms with Gasteiger partial charge in [-0.1, -0.05) is 18.2 Å². The molecule has 8 heteroatoms. The van der Waals surface area contributed by atoms with Crippen molar-refractivity contribution in [1.82, 2.24) is 9.88 Å². The van der Waals surface area contributed by atoms with Gasteiger partial charge in [-0.25, -0.2) is 9.78 Å². The molecule has 2 aromatic rings. The molecule has 1 aromatic heterocycles. The maximum Gasteiger partial charge on any atom is 0.415 e. The molecule has 0 bridgehead atoms. The summed E-state index contributed by atoms with van der Waals surface area (Å²) in [6.45, 7) is 6.11. The number of hydrogen-bond donors (Lipinski definition) is 1. The number of ether oxygens (including phenoxy) is 2. The van der Waals surface area contributed by atoms with Crippen molar-refractivity contribution in [3.05, 3.63) is 54.2 Å². The summed E-state index contributed by atoms with van der Waals surface area (Å²) < 4.78 is 10.6. The van der Waals surface area contributed by atoms with Gasteiger partial charge in [0.25, 0.3) is 0 Å². The summed E-state index contributed by atoms with van der Waals surface area (Å²) in [7, 11) is 0. The van der Waals surface area contributed by atoms with E-state index < -0.39 is 12.0 Å². The largest absolute Gasteiger partial charge is 0.462 e. The van der Waals surface area contributed by atoms with Gasteiger partial charge in [-0.3, -0.25) is 4.79 Å². The molecule has 0 unspecified atom stereocenters. The van der Waals surface area contributed by atoms with Crippen LogP contribution in [0.3, 0.4) is 0 Å². The average Bonchev–Trinajstić information content (AvgIpc) is 2.75. The van der Waals surface area contributed by atoms with E-state index in [4.69, 9.17) is 15.2 Å². The fourth-order valence-corrected chi connectivity index (χ4v) is 3.17. The van der Waals surface area contributed by atoms with E-state index in [1.54, 1.807) is 49.2 Å². The lowest BCUT2D eigenvalue weighted by atomic mass is 10.1. The van der Waals surface area contributed by atoms with Gasteiger partial charge in [-0.2, -0.15) is 0 Å². The Bertz CT molecular complexity index is 834. The Morgan fingerprint density at radius 2 is 1.77 bits per heavy atom. The molecule has 1 amide bonds. The lowest BCUT2D eigenvalue weighted by molar-refractivity contribution is -0.148. The van der Waals surface area contributed by atoms with Crippen LogP contribution in [0.15, 0.2) is 48.7 Å². The van der Waals surface area contributed by atoms with Gasteiger partial charge >= 0.3 is 12.1 Å². The molecule has 0 saturated carbocycles. The third-order valence-corrected chi connectivity index (χ3v) is 4.75. The first-order chi connectivity index (χ1) is 14.4. The second-order valence-electron chi connectivity index (χ2n) is 7.47. The molecule has 1 saturated heterocycles. The fraction of sp³-hybridized carbons (Fsp3) is 0.409. The lowest BCUT2D eigenvalue weighted by Crippen LogP contribution is -2.49. The van der Waals surface area contributed by atoms with Crippen LogP contribution in [0.1, 0.15) is 19.4 Å². The Hall–Kier alpha value is -3.13. The van der Waals surface area contributed by atoms with Crippen LogP contribution in [0.4, 0.5) is 10.6 Å². The molecular weight excluding hydrogens is 384 g/mol. The number of carbonyl (C=O) groups is 2. The number of piperazine rings is 1. The summed E-state index contributed by atoms with van der Waals surface area (Å²) in [4.78, 5) is 32.5. The Balaban J connectivity index is 1.47. The smallest absolute Gasteiger partial charge is 0.415 e. The predicted octanol–water partition coefficient (Wildman–Crippen LogP) is 2.22. The van der Waals surface area contributed by atoms with Crippen LogP contribution in [0.2, 0.25) is 0 Å². The molecule has 2 heterocycles. The van der Waals surface area contributed by atoms with Gasteiger partial charge in [0.15, 0.2) is 0 Å². The highest BCUT2D eigenvalue weighted by molar-refractivity contribution is 5.76. The number of aromatic nitrogens is 1. The molecule has 160 valence electrons. The fourth-order valence-electron chi connectivity index (χ4n) is 3.17. The van der Waals surface area contributed by atoms with Gasteiger partial charge in [-0.15, -0.1) is 0 Å². The molecule has 0 spiro atoms. The minimum atomic E-state index is -0.726. The number of pyridine rings is 1. The molecule has 8 nitrogen and oxygen atoms in total. The van der Waals surface area contributed by atoms with Crippen molar-refractivity contribution in [2.45, 2.75) is 32.4 Å². The number of rotatable bonds is 6. The molecule has 3 rings (SSSR count). The molecule has 2 N–H and O–H groups in total. The Morgan fingerprint density at radius 1 is 1.07 bits per heavy atom. The van der Waals surface area contributed by atoms with Crippen LogP contribution in [0, 0.1) is 0 Å². The van der Waals surface area contributed by atoms with Crippen molar-refractivity contribution in [3.63, 3.8) is 0 Å². The number of benzene rings is 1. The zero-order valence-corrected chi connectivity index (χ0v) is 17.4. The molecule has 1 aliphatic heterocycles. The van der Waals surface area contributed by atoms with Gasteiger partial charge in [0.05, 0.1) is 6.10 Å². The van der Waals surface area contributed by atoms with Gasteiger partial charge in [0.2, 0.25) is 0 Å². The Kier molecular flexibility index (Phi) is 7.24. The highest BCUT2D eigenvalue weighted by atomic mass is 16.6. The van der Waals surface area contributed by atoms with Crippen molar-refractivity contribution < 1.29 is 19.1 Å². The standard InChI is InChI=1S/C22H28N4O4/c1-16(2)29-21(27)19(23)15-17-6-8-18(9-7-17)30-22(28)26-13-11-25(12-14-26)20-5-3-4-10-24-20/h3-10,16,19H,11-15,23H2,1-2H3/t19-/m0/s1. The second kappa shape index (κ2) is 10.1. The van der Waals surface area contributed by atoms with Gasteiger partial charge in [0.1, 0.15) is 17.6 Å². The van der Waals surface area contributed by atoms with E-state index in [2.05, 4.69) is 9.88 Å². The number of hydrogen-bond acceptors (Lipinski definition) is 7. The number of amides is 1. The third-order valence-electron chi connectivity index (χ3n) is 4.75. The van der Waals surface area contributed by atoms with E-state index in [0.717, 1.165) is 11.4 Å². The summed E-state index contributed by atoms with van der Waals surface area (Å²) in [5.74, 6) is 0.941. The summed E-state index contributed by atoms with van der Waals surface area (Å²) in [6, 6.07) is 12.1. The lowest BCUT2D eigenvalue weighted by Gasteiger charge is -2.34. The van der Waals surface area contributed by atoms with E-state index in [1.165, 1.54) is 0 Å². The van der Waals surface area contributed by atoms with Crippen LogP contribution in [0.5, 0.6) is 5.75 Å². The van der Waals surface area contributed by atoms with Crippen LogP contribution >= 0.6 is 0 Å². The minimum Gasteiger partial charge on any atom is -0.462 e. The van der Waals surface area contributed by atoms with E-state index in [1.807, 2.05) is 18.2 Å². The number of nitrogens with two attached hydrogens (primary N) is 1. The van der Waals surface area contributed by atoms with E-state index in [-0.39, 0.29) is 12.2 Å². The Morgan fingerprint density at radius 3 is 2.37 bits per heavy atom. The number of anilines is 1. The minimum absolute atomic E-state index is 0.198. The SMILES string of the molecule is CC(C)OC(=O)[C@@H](N)Cc1ccc(OC(=O)N2CCN(c3ccccn3)CC2)cc1. The second-order valence-corrected chi connectivity index (χ2v) is 7.47. The van der Waals surface area contributed by atoms with Crippen molar-refractivity contribution in [2.75, 3.05) is 31.1 Å². The molecule has 1 aliphatic rings. The van der Waals surface area contributed by atoms with Gasteiger partial charge in [0, 0.05) is 32.4 Å². The van der Waals surface area contributed by atoms with Crippen LogP contribution in [-0.4, -0.2) is 60.3 Å². The van der Waals surface area contributed by atoms with Crippen LogP contribution in [-0.2, 0) is 16.0 Å². The van der Waals surface area contributed by atoms with E-state index in [0.29, 0.717) is 38.3 Å². The van der Waals surface area contributed by atoms with Crippen molar-refractivity contribution in [1.29, 1.82) is 0 Å². The number of nitrogens with zero attached hydrogens (tertiary/aromatic N) is 3. The zero-order valence-electron chi connectivity index (χ0n) is 17.4. The van der Waals surface area contributed by atoms with Gasteiger partial charge < -0.3 is 25.0 Å². The van der Waals surface area contributed by atoms with Crippen LogP contribution in [0.25, 0.3) is 0 Å². The van der Waals surface area contributed by atoms with E-state index in [9.17, 15) is 9.59 Å². The first kappa shape index (κ1) is 21.6. The number of carbonyl (C=O) groups excluding carboxylic acids is 2. The van der Waals surface area contributed by atoms with Crippen molar-refractivity contribution >= 4 is 17.9 Å². The predicted molar refractivity (Wildman–Crippen MR) is 113 cm³/mol. The molecule has 0 aliphatic carbocycles. The molecule has 1 aromatic carbocycles. The zero-order chi connectivity index (χ0) is 21.5. The van der Waals surface area contributed by atoms with Crippen molar-refractivity contribution in [2.24, 2.45) is 5.73 Å². The van der Waals surface area contributed by atoms with Gasteiger partial charge in [-0.05, 0) is 50.1 Å². The summed E-state index contributed by atoms with van der Waals surface area (Å²) in [5.41, 5.74) is 6.76. The average molecular weight is 412 g/mol. The topological polar surface area (TPSA) is 98.0 Å².